The molecule has 0 radical (unpaired) electrons. The number of pyridine rings is 1. The van der Waals surface area contributed by atoms with Crippen molar-refractivity contribution in [2.75, 3.05) is 25.0 Å². The molecule has 1 fully saturated rings. The Morgan fingerprint density at radius 1 is 1.12 bits per heavy atom. The van der Waals surface area contributed by atoms with Crippen molar-refractivity contribution in [2.24, 2.45) is 0 Å². The number of benzene rings is 1. The highest BCUT2D eigenvalue weighted by Crippen LogP contribution is 2.28. The molecule has 2 aromatic heterocycles. The maximum absolute atomic E-state index is 5.75. The van der Waals surface area contributed by atoms with E-state index in [-0.39, 0.29) is 6.04 Å². The fourth-order valence-electron chi connectivity index (χ4n) is 3.78. The second-order valence-electron chi connectivity index (χ2n) is 6.84. The van der Waals surface area contributed by atoms with E-state index in [4.69, 9.17) is 4.42 Å². The van der Waals surface area contributed by atoms with Gasteiger partial charge in [0.15, 0.2) is 0 Å². The van der Waals surface area contributed by atoms with E-state index in [1.807, 2.05) is 19.1 Å². The summed E-state index contributed by atoms with van der Waals surface area (Å²) in [5, 5.41) is 4.84. The fraction of sp³-hybridized carbons (Fsp3) is 0.381. The average Bonchev–Trinajstić information content (AvgIpc) is 3.17. The average molecular weight is 335 g/mol. The number of rotatable bonds is 5. The van der Waals surface area contributed by atoms with Crippen LogP contribution in [-0.2, 0) is 0 Å². The number of para-hydroxylation sites is 1. The molecule has 0 amide bonds. The maximum atomic E-state index is 5.75. The molecule has 0 saturated carbocycles. The van der Waals surface area contributed by atoms with Gasteiger partial charge in [0, 0.05) is 23.3 Å². The predicted octanol–water partition coefficient (Wildman–Crippen LogP) is 4.78. The van der Waals surface area contributed by atoms with Crippen LogP contribution in [0.1, 0.15) is 36.8 Å². The lowest BCUT2D eigenvalue weighted by atomic mass is 10.1. The summed E-state index contributed by atoms with van der Waals surface area (Å²) in [7, 11) is 0. The Morgan fingerprint density at radius 2 is 1.96 bits per heavy atom. The number of nitrogens with zero attached hydrogens (tertiary/aromatic N) is 2. The molecule has 3 aromatic rings. The molecule has 1 aromatic carbocycles. The molecule has 4 rings (SSSR count). The van der Waals surface area contributed by atoms with Crippen LogP contribution < -0.4 is 5.32 Å². The Morgan fingerprint density at radius 3 is 2.76 bits per heavy atom. The summed E-state index contributed by atoms with van der Waals surface area (Å²) in [6, 6.07) is 14.8. The zero-order valence-electron chi connectivity index (χ0n) is 14.7. The van der Waals surface area contributed by atoms with Gasteiger partial charge in [-0.1, -0.05) is 24.6 Å². The Labute approximate surface area is 148 Å². The maximum Gasteiger partial charge on any atom is 0.122 e. The molecule has 1 N–H and O–H groups in total. The molecule has 0 unspecified atom stereocenters. The molecule has 1 atom stereocenters. The molecule has 130 valence electrons. The lowest BCUT2D eigenvalue weighted by Crippen LogP contribution is -2.37. The topological polar surface area (TPSA) is 41.3 Å². The molecular formula is C21H25N3O. The summed E-state index contributed by atoms with van der Waals surface area (Å²) in [6.07, 6.45) is 5.66. The van der Waals surface area contributed by atoms with E-state index in [2.05, 4.69) is 45.5 Å². The van der Waals surface area contributed by atoms with Crippen molar-refractivity contribution in [1.29, 1.82) is 0 Å². The first-order valence-electron chi connectivity index (χ1n) is 9.19. The summed E-state index contributed by atoms with van der Waals surface area (Å²) in [4.78, 5) is 7.18. The van der Waals surface area contributed by atoms with Crippen LogP contribution in [-0.4, -0.2) is 29.5 Å². The van der Waals surface area contributed by atoms with Gasteiger partial charge in [-0.3, -0.25) is 9.88 Å². The molecule has 0 bridgehead atoms. The highest BCUT2D eigenvalue weighted by molar-refractivity contribution is 5.91. The Balaban J connectivity index is 1.59. The first kappa shape index (κ1) is 16.2. The number of aryl methyl sites for hydroxylation is 1. The van der Waals surface area contributed by atoms with Gasteiger partial charge in [-0.2, -0.15) is 0 Å². The Bertz CT molecular complexity index is 822. The van der Waals surface area contributed by atoms with Crippen LogP contribution in [0, 0.1) is 6.92 Å². The van der Waals surface area contributed by atoms with E-state index in [1.165, 1.54) is 24.6 Å². The minimum absolute atomic E-state index is 0.266. The zero-order valence-corrected chi connectivity index (χ0v) is 14.7. The predicted molar refractivity (Wildman–Crippen MR) is 102 cm³/mol. The number of hydrogen-bond acceptors (Lipinski definition) is 4. The normalized spacial score (nSPS) is 16.8. The lowest BCUT2D eigenvalue weighted by Gasteiger charge is -2.33. The van der Waals surface area contributed by atoms with E-state index < -0.39 is 0 Å². The minimum Gasteiger partial charge on any atom is -0.468 e. The smallest absolute Gasteiger partial charge is 0.122 e. The van der Waals surface area contributed by atoms with Crippen LogP contribution in [0.15, 0.2) is 53.1 Å². The third kappa shape index (κ3) is 3.54. The van der Waals surface area contributed by atoms with E-state index in [0.29, 0.717) is 0 Å². The minimum atomic E-state index is 0.266. The summed E-state index contributed by atoms with van der Waals surface area (Å²) in [6.45, 7) is 5.17. The van der Waals surface area contributed by atoms with Crippen LogP contribution in [0.3, 0.4) is 0 Å². The van der Waals surface area contributed by atoms with Gasteiger partial charge in [-0.25, -0.2) is 0 Å². The van der Waals surface area contributed by atoms with Crippen molar-refractivity contribution in [3.63, 3.8) is 0 Å². The molecule has 4 nitrogen and oxygen atoms in total. The molecule has 1 aliphatic rings. The van der Waals surface area contributed by atoms with Gasteiger partial charge in [0.05, 0.1) is 17.8 Å². The van der Waals surface area contributed by atoms with Crippen molar-refractivity contribution >= 4 is 16.6 Å². The van der Waals surface area contributed by atoms with Gasteiger partial charge in [-0.15, -0.1) is 0 Å². The molecule has 25 heavy (non-hydrogen) atoms. The Kier molecular flexibility index (Phi) is 4.70. The van der Waals surface area contributed by atoms with E-state index in [9.17, 15) is 0 Å². The fourth-order valence-corrected chi connectivity index (χ4v) is 3.78. The van der Waals surface area contributed by atoms with E-state index >= 15 is 0 Å². The van der Waals surface area contributed by atoms with Gasteiger partial charge in [-0.05, 0) is 57.1 Å². The number of anilines is 1. The van der Waals surface area contributed by atoms with Gasteiger partial charge in [0.1, 0.15) is 5.76 Å². The number of likely N-dealkylation sites (tertiary alicyclic amines) is 1. The largest absolute Gasteiger partial charge is 0.468 e. The standard InChI is InChI=1S/C21H25N3O/c1-16-14-19(17-8-3-4-9-18(17)23-16)22-15-20(21-10-7-13-25-21)24-11-5-2-6-12-24/h3-4,7-10,13-14,20H,2,5-6,11-12,15H2,1H3,(H,22,23)/t20-/m0/s1. The van der Waals surface area contributed by atoms with Crippen LogP contribution in [0.25, 0.3) is 10.9 Å². The quantitative estimate of drug-likeness (QED) is 0.729. The first-order chi connectivity index (χ1) is 12.3. The van der Waals surface area contributed by atoms with Crippen molar-refractivity contribution < 1.29 is 4.42 Å². The molecule has 0 aliphatic carbocycles. The van der Waals surface area contributed by atoms with Crippen LogP contribution in [0.5, 0.6) is 0 Å². The number of piperidine rings is 1. The first-order valence-corrected chi connectivity index (χ1v) is 9.19. The zero-order chi connectivity index (χ0) is 17.1. The molecular weight excluding hydrogens is 310 g/mol. The second-order valence-corrected chi connectivity index (χ2v) is 6.84. The summed E-state index contributed by atoms with van der Waals surface area (Å²) < 4.78 is 5.75. The van der Waals surface area contributed by atoms with Gasteiger partial charge in [0.2, 0.25) is 0 Å². The molecule has 4 heteroatoms. The van der Waals surface area contributed by atoms with Crippen LogP contribution >= 0.6 is 0 Å². The van der Waals surface area contributed by atoms with E-state index in [0.717, 1.165) is 42.3 Å². The second kappa shape index (κ2) is 7.28. The van der Waals surface area contributed by atoms with Crippen LogP contribution in [0.4, 0.5) is 5.69 Å². The number of furan rings is 1. The molecule has 0 spiro atoms. The molecule has 3 heterocycles. The van der Waals surface area contributed by atoms with E-state index in [1.54, 1.807) is 6.26 Å². The van der Waals surface area contributed by atoms with Crippen LogP contribution in [0.2, 0.25) is 0 Å². The number of aromatic nitrogens is 1. The summed E-state index contributed by atoms with van der Waals surface area (Å²) >= 11 is 0. The number of fused-ring (bicyclic) bond motifs is 1. The van der Waals surface area contributed by atoms with Crippen molar-refractivity contribution in [3.8, 4) is 0 Å². The summed E-state index contributed by atoms with van der Waals surface area (Å²) in [5.74, 6) is 1.05. The highest BCUT2D eigenvalue weighted by atomic mass is 16.3. The highest BCUT2D eigenvalue weighted by Gasteiger charge is 2.24. The van der Waals surface area contributed by atoms with Crippen molar-refractivity contribution in [1.82, 2.24) is 9.88 Å². The van der Waals surface area contributed by atoms with Gasteiger partial charge in [0.25, 0.3) is 0 Å². The van der Waals surface area contributed by atoms with Crippen molar-refractivity contribution in [3.05, 3.63) is 60.2 Å². The summed E-state index contributed by atoms with van der Waals surface area (Å²) in [5.41, 5.74) is 3.22. The Hall–Kier alpha value is -2.33. The lowest BCUT2D eigenvalue weighted by molar-refractivity contribution is 0.153. The van der Waals surface area contributed by atoms with Crippen molar-refractivity contribution in [2.45, 2.75) is 32.2 Å². The number of hydrogen-bond donors (Lipinski definition) is 1. The van der Waals surface area contributed by atoms with Gasteiger partial charge >= 0.3 is 0 Å². The molecule has 1 saturated heterocycles. The third-order valence-electron chi connectivity index (χ3n) is 5.03. The van der Waals surface area contributed by atoms with Gasteiger partial charge < -0.3 is 9.73 Å². The monoisotopic (exact) mass is 335 g/mol. The molecule has 1 aliphatic heterocycles. The SMILES string of the molecule is Cc1cc(NC[C@@H](c2ccco2)N2CCCCC2)c2ccccc2n1. The number of nitrogens with one attached hydrogen (secondary N) is 1. The third-order valence-corrected chi connectivity index (χ3v) is 5.03.